The molecular formula is C44H56O12. The second kappa shape index (κ2) is 17.1. The third-order valence-electron chi connectivity index (χ3n) is 12.2. The van der Waals surface area contributed by atoms with E-state index < -0.39 is 72.3 Å². The Morgan fingerprint density at radius 1 is 0.750 bits per heavy atom. The van der Waals surface area contributed by atoms with Gasteiger partial charge in [-0.15, -0.1) is 0 Å². The number of carbonyl (C=O) groups excluding carboxylic acids is 5. The number of carbonyl (C=O) groups is 5. The normalized spacial score (nSPS) is 30.8. The van der Waals surface area contributed by atoms with Gasteiger partial charge in [-0.25, -0.2) is 9.59 Å². The zero-order valence-corrected chi connectivity index (χ0v) is 33.7. The molecule has 0 N–H and O–H groups in total. The second-order valence-corrected chi connectivity index (χ2v) is 16.9. The van der Waals surface area contributed by atoms with Crippen molar-refractivity contribution in [1.29, 1.82) is 0 Å². The summed E-state index contributed by atoms with van der Waals surface area (Å²) < 4.78 is 41.8. The summed E-state index contributed by atoms with van der Waals surface area (Å²) in [7, 11) is 1.18. The highest BCUT2D eigenvalue weighted by molar-refractivity contribution is 5.91. The van der Waals surface area contributed by atoms with Crippen molar-refractivity contribution in [3.63, 3.8) is 0 Å². The minimum absolute atomic E-state index is 0.286. The summed E-state index contributed by atoms with van der Waals surface area (Å²) >= 11 is 0. The summed E-state index contributed by atoms with van der Waals surface area (Å²) in [5.74, 6) is -3.30. The van der Waals surface area contributed by atoms with Crippen molar-refractivity contribution in [1.82, 2.24) is 0 Å². The summed E-state index contributed by atoms with van der Waals surface area (Å²) in [6.07, 6.45) is -2.31. The summed E-state index contributed by atoms with van der Waals surface area (Å²) in [5.41, 5.74) is 2.71. The van der Waals surface area contributed by atoms with Crippen LogP contribution in [0.3, 0.4) is 0 Å². The Morgan fingerprint density at radius 3 is 2.00 bits per heavy atom. The molecule has 304 valence electrons. The van der Waals surface area contributed by atoms with Gasteiger partial charge >= 0.3 is 29.8 Å². The first kappa shape index (κ1) is 41.3. The molecule has 0 amide bonds. The quantitative estimate of drug-likeness (QED) is 0.135. The maximum Gasteiger partial charge on any atom is 0.343 e. The van der Waals surface area contributed by atoms with Crippen molar-refractivity contribution < 1.29 is 57.1 Å². The van der Waals surface area contributed by atoms with E-state index in [0.29, 0.717) is 35.5 Å². The number of fused-ring (bicyclic) bond motifs is 5. The SMILES string of the molecule is COC(=O)[C@H]1O[C@@H](O[C@H]2CC[C@H]3[C@@H]4CCc5cc(OC(=O)c6ccccc6)ccc5[C@H]4CC[C@]23C)[C@H](OC(=O)C(C)C)[C@@H](OC(=O)C(C)C)[C@@H]1OC(=O)C(C)C. The lowest BCUT2D eigenvalue weighted by Gasteiger charge is -2.51. The van der Waals surface area contributed by atoms with Gasteiger partial charge in [0.05, 0.1) is 36.5 Å². The molecule has 12 nitrogen and oxygen atoms in total. The topological polar surface area (TPSA) is 150 Å². The van der Waals surface area contributed by atoms with Crippen LogP contribution >= 0.6 is 0 Å². The fourth-order valence-corrected chi connectivity index (χ4v) is 9.12. The van der Waals surface area contributed by atoms with E-state index in [4.69, 9.17) is 33.2 Å². The average molecular weight is 777 g/mol. The van der Waals surface area contributed by atoms with Gasteiger partial charge in [-0.2, -0.15) is 0 Å². The molecule has 3 aliphatic carbocycles. The highest BCUT2D eigenvalue weighted by Crippen LogP contribution is 2.62. The summed E-state index contributed by atoms with van der Waals surface area (Å²) in [5, 5.41) is 0. The first-order valence-corrected chi connectivity index (χ1v) is 20.0. The van der Waals surface area contributed by atoms with Crippen LogP contribution in [0.1, 0.15) is 108 Å². The molecule has 3 fully saturated rings. The lowest BCUT2D eigenvalue weighted by molar-refractivity contribution is -0.319. The van der Waals surface area contributed by atoms with Gasteiger partial charge in [-0.05, 0) is 97.1 Å². The molecule has 0 radical (unpaired) electrons. The van der Waals surface area contributed by atoms with Crippen LogP contribution in [0.5, 0.6) is 5.75 Å². The number of hydrogen-bond acceptors (Lipinski definition) is 12. The maximum atomic E-state index is 13.3. The van der Waals surface area contributed by atoms with E-state index in [9.17, 15) is 24.0 Å². The number of rotatable bonds is 11. The van der Waals surface area contributed by atoms with E-state index in [0.717, 1.165) is 32.1 Å². The van der Waals surface area contributed by atoms with Gasteiger partial charge in [0.25, 0.3) is 0 Å². The van der Waals surface area contributed by atoms with Crippen LogP contribution in [0, 0.1) is 35.0 Å². The van der Waals surface area contributed by atoms with E-state index in [-0.39, 0.29) is 17.5 Å². The molecule has 10 atom stereocenters. The van der Waals surface area contributed by atoms with Crippen molar-refractivity contribution in [3.05, 3.63) is 65.2 Å². The van der Waals surface area contributed by atoms with Crippen LogP contribution in [-0.4, -0.2) is 73.8 Å². The molecule has 0 unspecified atom stereocenters. The van der Waals surface area contributed by atoms with E-state index >= 15 is 0 Å². The molecule has 1 heterocycles. The molecule has 6 rings (SSSR count). The van der Waals surface area contributed by atoms with Gasteiger partial charge in [0.2, 0.25) is 0 Å². The van der Waals surface area contributed by atoms with Gasteiger partial charge in [-0.3, -0.25) is 14.4 Å². The van der Waals surface area contributed by atoms with Crippen LogP contribution < -0.4 is 4.74 Å². The van der Waals surface area contributed by atoms with Crippen molar-refractivity contribution in [3.8, 4) is 5.75 Å². The molecule has 12 heteroatoms. The molecule has 0 aromatic heterocycles. The van der Waals surface area contributed by atoms with Crippen LogP contribution in [0.2, 0.25) is 0 Å². The van der Waals surface area contributed by atoms with Gasteiger partial charge in [0.1, 0.15) is 5.75 Å². The van der Waals surface area contributed by atoms with Crippen LogP contribution in [-0.2, 0) is 54.0 Å². The van der Waals surface area contributed by atoms with Crippen molar-refractivity contribution >= 4 is 29.8 Å². The Kier molecular flexibility index (Phi) is 12.6. The fourth-order valence-electron chi connectivity index (χ4n) is 9.12. The standard InChI is InChI=1S/C44H56O12/c1-23(2)38(45)53-34-35(54-39(46)24(3)4)37(55-40(47)25(5)6)43(56-36(34)42(49)50-8)52-33-19-18-32-31-16-14-27-22-28(51-41(48)26-12-10-9-11-13-26)15-17-29(27)30(31)20-21-44(32,33)7/h9-13,15,17,22-25,30-37,43H,14,16,18-21H2,1-8H3/t30-,31-,32+,33+,34+,35+,36+,37-,43-,44+/m1/s1. The molecular weight excluding hydrogens is 720 g/mol. The zero-order valence-electron chi connectivity index (χ0n) is 33.7. The number of ether oxygens (including phenoxy) is 7. The highest BCUT2D eigenvalue weighted by Gasteiger charge is 2.60. The third kappa shape index (κ3) is 8.37. The fraction of sp³-hybridized carbons (Fsp3) is 0.614. The lowest BCUT2D eigenvalue weighted by Crippen LogP contribution is -2.65. The Hall–Kier alpha value is -4.29. The molecule has 2 aromatic rings. The van der Waals surface area contributed by atoms with Gasteiger partial charge in [-0.1, -0.05) is 72.7 Å². The molecule has 56 heavy (non-hydrogen) atoms. The number of aryl methyl sites for hydroxylation is 1. The van der Waals surface area contributed by atoms with Crippen molar-refractivity contribution in [2.24, 2.45) is 35.0 Å². The molecule has 2 saturated carbocycles. The Bertz CT molecular complexity index is 1770. The average Bonchev–Trinajstić information content (AvgIpc) is 3.51. The van der Waals surface area contributed by atoms with Crippen LogP contribution in [0.15, 0.2) is 48.5 Å². The monoisotopic (exact) mass is 776 g/mol. The predicted octanol–water partition coefficient (Wildman–Crippen LogP) is 6.75. The summed E-state index contributed by atoms with van der Waals surface area (Å²) in [6, 6.07) is 15.0. The maximum absolute atomic E-state index is 13.3. The smallest absolute Gasteiger partial charge is 0.343 e. The van der Waals surface area contributed by atoms with Gasteiger partial charge in [0.15, 0.2) is 30.7 Å². The third-order valence-corrected chi connectivity index (χ3v) is 12.2. The first-order chi connectivity index (χ1) is 26.6. The Balaban J connectivity index is 1.25. The van der Waals surface area contributed by atoms with Crippen molar-refractivity contribution in [2.45, 2.75) is 130 Å². The number of esters is 5. The zero-order chi connectivity index (χ0) is 40.5. The molecule has 1 aliphatic heterocycles. The van der Waals surface area contributed by atoms with E-state index in [1.54, 1.807) is 53.7 Å². The minimum atomic E-state index is -1.53. The van der Waals surface area contributed by atoms with Gasteiger partial charge in [0, 0.05) is 0 Å². The van der Waals surface area contributed by atoms with Crippen LogP contribution in [0.25, 0.3) is 0 Å². The summed E-state index contributed by atoms with van der Waals surface area (Å²) in [4.78, 5) is 65.6. The van der Waals surface area contributed by atoms with Crippen molar-refractivity contribution in [2.75, 3.05) is 7.11 Å². The largest absolute Gasteiger partial charge is 0.467 e. The Labute approximate surface area is 329 Å². The lowest BCUT2D eigenvalue weighted by atomic mass is 9.55. The first-order valence-electron chi connectivity index (χ1n) is 20.0. The molecule has 1 saturated heterocycles. The van der Waals surface area contributed by atoms with Crippen LogP contribution in [0.4, 0.5) is 0 Å². The van der Waals surface area contributed by atoms with Gasteiger partial charge < -0.3 is 33.2 Å². The highest BCUT2D eigenvalue weighted by atomic mass is 16.7. The number of methoxy groups -OCH3 is 1. The molecule has 0 spiro atoms. The van der Waals surface area contributed by atoms with E-state index in [1.807, 2.05) is 30.3 Å². The van der Waals surface area contributed by atoms with E-state index in [2.05, 4.69) is 13.0 Å². The molecule has 0 bridgehead atoms. The molecule has 4 aliphatic rings. The summed E-state index contributed by atoms with van der Waals surface area (Å²) in [6.45, 7) is 12.2. The number of benzene rings is 2. The predicted molar refractivity (Wildman–Crippen MR) is 202 cm³/mol. The second-order valence-electron chi connectivity index (χ2n) is 16.9. The van der Waals surface area contributed by atoms with E-state index in [1.165, 1.54) is 18.2 Å². The Morgan fingerprint density at radius 2 is 1.38 bits per heavy atom. The minimum Gasteiger partial charge on any atom is -0.467 e. The number of hydrogen-bond donors (Lipinski definition) is 0. The molecule has 2 aromatic carbocycles.